The first kappa shape index (κ1) is 12.5. The molecule has 1 amide bonds. The number of hydrogen-bond donors (Lipinski definition) is 2. The molecule has 0 unspecified atom stereocenters. The number of aromatic nitrogens is 3. The molecule has 8 heteroatoms. The highest BCUT2D eigenvalue weighted by molar-refractivity contribution is 7.14. The van der Waals surface area contributed by atoms with Crippen molar-refractivity contribution in [2.75, 3.05) is 0 Å². The zero-order chi connectivity index (χ0) is 13.3. The van der Waals surface area contributed by atoms with Crippen LogP contribution in [0.15, 0.2) is 17.2 Å². The largest absolute Gasteiger partial charge is 0.345 e. The summed E-state index contributed by atoms with van der Waals surface area (Å²) >= 11 is 1.34. The SMILES string of the molecule is Cc1sc(C(=O)NN)cc1Cn1ncn(C)c1=O. The van der Waals surface area contributed by atoms with Gasteiger partial charge in [0.05, 0.1) is 11.4 Å². The van der Waals surface area contributed by atoms with E-state index in [2.05, 4.69) is 10.5 Å². The average molecular weight is 267 g/mol. The highest BCUT2D eigenvalue weighted by atomic mass is 32.1. The van der Waals surface area contributed by atoms with Crippen LogP contribution in [0.4, 0.5) is 0 Å². The third-order valence-corrected chi connectivity index (χ3v) is 3.67. The molecule has 0 radical (unpaired) electrons. The smallest absolute Gasteiger partial charge is 0.289 e. The van der Waals surface area contributed by atoms with E-state index in [1.54, 1.807) is 13.1 Å². The molecule has 0 aliphatic carbocycles. The van der Waals surface area contributed by atoms with Crippen LogP contribution in [0.2, 0.25) is 0 Å². The predicted molar refractivity (Wildman–Crippen MR) is 67.3 cm³/mol. The molecule has 0 spiro atoms. The van der Waals surface area contributed by atoms with Crippen LogP contribution in [0, 0.1) is 6.92 Å². The minimum absolute atomic E-state index is 0.189. The number of carbonyl (C=O) groups is 1. The van der Waals surface area contributed by atoms with Gasteiger partial charge in [-0.05, 0) is 18.6 Å². The average Bonchev–Trinajstić information content (AvgIpc) is 2.87. The van der Waals surface area contributed by atoms with Gasteiger partial charge in [-0.3, -0.25) is 14.8 Å². The molecule has 0 fully saturated rings. The first-order valence-corrected chi connectivity index (χ1v) is 6.03. The number of hydrogen-bond acceptors (Lipinski definition) is 5. The van der Waals surface area contributed by atoms with Gasteiger partial charge in [0.1, 0.15) is 6.33 Å². The van der Waals surface area contributed by atoms with Crippen molar-refractivity contribution in [3.8, 4) is 0 Å². The Hall–Kier alpha value is -1.93. The third-order valence-electron chi connectivity index (χ3n) is 2.58. The van der Waals surface area contributed by atoms with E-state index in [0.29, 0.717) is 11.4 Å². The fourth-order valence-electron chi connectivity index (χ4n) is 1.55. The molecule has 18 heavy (non-hydrogen) atoms. The second-order valence-electron chi connectivity index (χ2n) is 3.85. The van der Waals surface area contributed by atoms with Gasteiger partial charge >= 0.3 is 5.69 Å². The summed E-state index contributed by atoms with van der Waals surface area (Å²) in [6.45, 7) is 2.24. The monoisotopic (exact) mass is 267 g/mol. The van der Waals surface area contributed by atoms with Gasteiger partial charge in [0.25, 0.3) is 5.91 Å². The normalized spacial score (nSPS) is 10.6. The fraction of sp³-hybridized carbons (Fsp3) is 0.300. The van der Waals surface area contributed by atoms with Crippen molar-refractivity contribution >= 4 is 17.2 Å². The summed E-state index contributed by atoms with van der Waals surface area (Å²) in [5, 5.41) is 3.97. The lowest BCUT2D eigenvalue weighted by Crippen LogP contribution is -2.29. The maximum Gasteiger partial charge on any atom is 0.345 e. The topological polar surface area (TPSA) is 94.9 Å². The Kier molecular flexibility index (Phi) is 3.30. The van der Waals surface area contributed by atoms with Crippen molar-refractivity contribution in [3.05, 3.63) is 38.2 Å². The number of hydrazine groups is 1. The van der Waals surface area contributed by atoms with Crippen LogP contribution in [-0.4, -0.2) is 20.3 Å². The van der Waals surface area contributed by atoms with E-state index in [1.807, 2.05) is 6.92 Å². The van der Waals surface area contributed by atoms with Gasteiger partial charge < -0.3 is 0 Å². The number of aryl methyl sites for hydroxylation is 2. The molecule has 0 aliphatic heterocycles. The Morgan fingerprint density at radius 1 is 1.61 bits per heavy atom. The van der Waals surface area contributed by atoms with Gasteiger partial charge in [-0.25, -0.2) is 15.3 Å². The molecular weight excluding hydrogens is 254 g/mol. The molecule has 2 aromatic heterocycles. The van der Waals surface area contributed by atoms with E-state index in [1.165, 1.54) is 26.9 Å². The highest BCUT2D eigenvalue weighted by Gasteiger charge is 2.13. The van der Waals surface area contributed by atoms with Crippen LogP contribution in [0.5, 0.6) is 0 Å². The number of nitrogens with two attached hydrogens (primary N) is 1. The van der Waals surface area contributed by atoms with Crippen molar-refractivity contribution in [3.63, 3.8) is 0 Å². The van der Waals surface area contributed by atoms with Gasteiger partial charge in [0.15, 0.2) is 0 Å². The van der Waals surface area contributed by atoms with Gasteiger partial charge in [-0.2, -0.15) is 5.10 Å². The lowest BCUT2D eigenvalue weighted by molar-refractivity contribution is 0.0957. The quantitative estimate of drug-likeness (QED) is 0.449. The van der Waals surface area contributed by atoms with Crippen LogP contribution >= 0.6 is 11.3 Å². The number of rotatable bonds is 3. The third kappa shape index (κ3) is 2.20. The molecule has 96 valence electrons. The summed E-state index contributed by atoms with van der Waals surface area (Å²) in [6, 6.07) is 1.73. The molecule has 2 aromatic rings. The lowest BCUT2D eigenvalue weighted by Gasteiger charge is -1.98. The van der Waals surface area contributed by atoms with E-state index in [-0.39, 0.29) is 11.6 Å². The van der Waals surface area contributed by atoms with E-state index < -0.39 is 0 Å². The molecule has 0 bridgehead atoms. The molecular formula is C10H13N5O2S. The van der Waals surface area contributed by atoms with Crippen molar-refractivity contribution in [1.82, 2.24) is 19.8 Å². The number of nitrogens with zero attached hydrogens (tertiary/aromatic N) is 3. The second kappa shape index (κ2) is 4.75. The number of amides is 1. The minimum atomic E-state index is -0.331. The lowest BCUT2D eigenvalue weighted by atomic mass is 10.2. The molecule has 0 saturated heterocycles. The van der Waals surface area contributed by atoms with Crippen molar-refractivity contribution in [2.24, 2.45) is 12.9 Å². The fourth-order valence-corrected chi connectivity index (χ4v) is 2.49. The summed E-state index contributed by atoms with van der Waals surface area (Å²) in [5.74, 6) is 4.75. The van der Waals surface area contributed by atoms with Gasteiger partial charge in [0, 0.05) is 11.9 Å². The molecule has 0 aromatic carbocycles. The van der Waals surface area contributed by atoms with Gasteiger partial charge in [-0.1, -0.05) is 0 Å². The van der Waals surface area contributed by atoms with Crippen LogP contribution < -0.4 is 17.0 Å². The van der Waals surface area contributed by atoms with E-state index in [0.717, 1.165) is 10.4 Å². The van der Waals surface area contributed by atoms with E-state index >= 15 is 0 Å². The minimum Gasteiger partial charge on any atom is -0.289 e. The van der Waals surface area contributed by atoms with Crippen molar-refractivity contribution in [2.45, 2.75) is 13.5 Å². The summed E-state index contributed by atoms with van der Waals surface area (Å²) < 4.78 is 2.74. The first-order valence-electron chi connectivity index (χ1n) is 5.21. The zero-order valence-corrected chi connectivity index (χ0v) is 10.8. The van der Waals surface area contributed by atoms with E-state index in [4.69, 9.17) is 5.84 Å². The molecule has 2 rings (SSSR count). The van der Waals surface area contributed by atoms with Crippen molar-refractivity contribution < 1.29 is 4.79 Å². The number of nitrogens with one attached hydrogen (secondary N) is 1. The Morgan fingerprint density at radius 3 is 2.89 bits per heavy atom. The summed E-state index contributed by atoms with van der Waals surface area (Å²) in [4.78, 5) is 24.5. The molecule has 3 N–H and O–H groups in total. The summed E-state index contributed by atoms with van der Waals surface area (Å²) in [6.07, 6.45) is 1.46. The van der Waals surface area contributed by atoms with Gasteiger partial charge in [0.2, 0.25) is 0 Å². The van der Waals surface area contributed by atoms with Crippen LogP contribution in [-0.2, 0) is 13.6 Å². The predicted octanol–water partition coefficient (Wildman–Crippen LogP) is -0.396. The molecule has 2 heterocycles. The van der Waals surface area contributed by atoms with Crippen molar-refractivity contribution in [1.29, 1.82) is 0 Å². The zero-order valence-electron chi connectivity index (χ0n) is 10.0. The number of carbonyl (C=O) groups excluding carboxylic acids is 1. The molecule has 0 atom stereocenters. The van der Waals surface area contributed by atoms with Crippen LogP contribution in [0.1, 0.15) is 20.1 Å². The highest BCUT2D eigenvalue weighted by Crippen LogP contribution is 2.21. The number of thiophene rings is 1. The molecule has 0 aliphatic rings. The van der Waals surface area contributed by atoms with Crippen LogP contribution in [0.3, 0.4) is 0 Å². The summed E-state index contributed by atoms with van der Waals surface area (Å²) in [7, 11) is 1.64. The van der Waals surface area contributed by atoms with Crippen LogP contribution in [0.25, 0.3) is 0 Å². The Labute approximate surface area is 107 Å². The Bertz CT molecular complexity index is 639. The standard InChI is InChI=1S/C10H13N5O2S/c1-6-7(3-8(18-6)9(16)13-11)4-15-10(17)14(2)5-12-15/h3,5H,4,11H2,1-2H3,(H,13,16). The molecule has 0 saturated carbocycles. The first-order chi connectivity index (χ1) is 8.52. The Balaban J connectivity index is 2.30. The maximum absolute atomic E-state index is 11.6. The second-order valence-corrected chi connectivity index (χ2v) is 5.10. The van der Waals surface area contributed by atoms with E-state index in [9.17, 15) is 9.59 Å². The summed E-state index contributed by atoms with van der Waals surface area (Å²) in [5.41, 5.74) is 2.78. The Morgan fingerprint density at radius 2 is 2.33 bits per heavy atom. The maximum atomic E-state index is 11.6. The number of nitrogen functional groups attached to an aromatic ring is 1. The van der Waals surface area contributed by atoms with Gasteiger partial charge in [-0.15, -0.1) is 11.3 Å². The molecule has 7 nitrogen and oxygen atoms in total.